The fourth-order valence-corrected chi connectivity index (χ4v) is 1.90. The summed E-state index contributed by atoms with van der Waals surface area (Å²) in [6, 6.07) is 0. The highest BCUT2D eigenvalue weighted by atomic mass is 35.5. The molecule has 13 heavy (non-hydrogen) atoms. The molecule has 0 aromatic rings. The van der Waals surface area contributed by atoms with Crippen molar-refractivity contribution in [2.24, 2.45) is 11.8 Å². The van der Waals surface area contributed by atoms with Gasteiger partial charge in [0.15, 0.2) is 0 Å². The molecule has 1 aliphatic rings. The number of carboxylic acid groups (broad SMARTS) is 1. The SMILES string of the molecule is CNC[C@H]1CC[C@H](C(=O)O)CC1.Cl. The van der Waals surface area contributed by atoms with Crippen LogP contribution in [0.15, 0.2) is 0 Å². The summed E-state index contributed by atoms with van der Waals surface area (Å²) in [4.78, 5) is 10.6. The lowest BCUT2D eigenvalue weighted by Gasteiger charge is -2.25. The summed E-state index contributed by atoms with van der Waals surface area (Å²) in [5.41, 5.74) is 0. The molecule has 0 heterocycles. The van der Waals surface area contributed by atoms with Gasteiger partial charge in [0.05, 0.1) is 5.92 Å². The minimum atomic E-state index is -0.613. The molecule has 0 spiro atoms. The zero-order valence-corrected chi connectivity index (χ0v) is 8.77. The number of hydrogen-bond acceptors (Lipinski definition) is 2. The van der Waals surface area contributed by atoms with E-state index in [0.717, 1.165) is 32.2 Å². The Morgan fingerprint density at radius 1 is 1.38 bits per heavy atom. The van der Waals surface area contributed by atoms with Gasteiger partial charge in [-0.25, -0.2) is 0 Å². The standard InChI is InChI=1S/C9H17NO2.ClH/c1-10-6-7-2-4-8(5-3-7)9(11)12;/h7-8,10H,2-6H2,1H3,(H,11,12);1H/t7-,8-;. The Morgan fingerprint density at radius 2 is 1.92 bits per heavy atom. The van der Waals surface area contributed by atoms with Crippen molar-refractivity contribution in [1.29, 1.82) is 0 Å². The summed E-state index contributed by atoms with van der Waals surface area (Å²) in [7, 11) is 1.95. The van der Waals surface area contributed by atoms with Gasteiger partial charge in [0.2, 0.25) is 0 Å². The van der Waals surface area contributed by atoms with Crippen LogP contribution in [0.5, 0.6) is 0 Å². The van der Waals surface area contributed by atoms with Gasteiger partial charge in [0.1, 0.15) is 0 Å². The lowest BCUT2D eigenvalue weighted by molar-refractivity contribution is -0.143. The van der Waals surface area contributed by atoms with Crippen LogP contribution in [0, 0.1) is 11.8 Å². The molecule has 0 aromatic heterocycles. The van der Waals surface area contributed by atoms with Crippen molar-refractivity contribution >= 4 is 18.4 Å². The van der Waals surface area contributed by atoms with E-state index < -0.39 is 5.97 Å². The van der Waals surface area contributed by atoms with Gasteiger partial charge in [0, 0.05) is 0 Å². The van der Waals surface area contributed by atoms with Gasteiger partial charge in [-0.05, 0) is 45.2 Å². The number of hydrogen-bond donors (Lipinski definition) is 2. The van der Waals surface area contributed by atoms with E-state index >= 15 is 0 Å². The molecular weight excluding hydrogens is 190 g/mol. The second-order valence-corrected chi connectivity index (χ2v) is 3.61. The van der Waals surface area contributed by atoms with E-state index in [9.17, 15) is 4.79 Å². The van der Waals surface area contributed by atoms with E-state index in [1.165, 1.54) is 0 Å². The molecule has 1 fully saturated rings. The van der Waals surface area contributed by atoms with Gasteiger partial charge in [-0.15, -0.1) is 12.4 Å². The Labute approximate surface area is 85.3 Å². The number of carboxylic acids is 1. The Balaban J connectivity index is 0.00000144. The first-order chi connectivity index (χ1) is 5.74. The van der Waals surface area contributed by atoms with Gasteiger partial charge in [0.25, 0.3) is 0 Å². The van der Waals surface area contributed by atoms with Crippen LogP contribution in [0.2, 0.25) is 0 Å². The fourth-order valence-electron chi connectivity index (χ4n) is 1.90. The Bertz CT molecular complexity index is 156. The van der Waals surface area contributed by atoms with Crippen LogP contribution >= 0.6 is 12.4 Å². The summed E-state index contributed by atoms with van der Waals surface area (Å²) < 4.78 is 0. The number of halogens is 1. The summed E-state index contributed by atoms with van der Waals surface area (Å²) in [5, 5.41) is 11.9. The maximum atomic E-state index is 10.6. The van der Waals surface area contributed by atoms with E-state index in [-0.39, 0.29) is 18.3 Å². The van der Waals surface area contributed by atoms with Gasteiger partial charge in [-0.1, -0.05) is 0 Å². The topological polar surface area (TPSA) is 49.3 Å². The van der Waals surface area contributed by atoms with Crippen LogP contribution in [0.4, 0.5) is 0 Å². The summed E-state index contributed by atoms with van der Waals surface area (Å²) in [6.07, 6.45) is 3.86. The molecule has 1 saturated carbocycles. The van der Waals surface area contributed by atoms with Crippen molar-refractivity contribution < 1.29 is 9.90 Å². The van der Waals surface area contributed by atoms with Crippen molar-refractivity contribution in [3.05, 3.63) is 0 Å². The van der Waals surface area contributed by atoms with Crippen LogP contribution in [0.25, 0.3) is 0 Å². The van der Waals surface area contributed by atoms with E-state index in [1.54, 1.807) is 0 Å². The molecule has 1 rings (SSSR count). The van der Waals surface area contributed by atoms with Crippen LogP contribution < -0.4 is 5.32 Å². The van der Waals surface area contributed by atoms with Gasteiger partial charge >= 0.3 is 5.97 Å². The third-order valence-corrected chi connectivity index (χ3v) is 2.69. The smallest absolute Gasteiger partial charge is 0.306 e. The highest BCUT2D eigenvalue weighted by Gasteiger charge is 2.25. The van der Waals surface area contributed by atoms with E-state index in [1.807, 2.05) is 7.05 Å². The molecule has 0 atom stereocenters. The molecule has 0 amide bonds. The molecule has 0 unspecified atom stereocenters. The van der Waals surface area contributed by atoms with Crippen LogP contribution in [0.3, 0.4) is 0 Å². The molecular formula is C9H18ClNO2. The molecule has 1 aliphatic carbocycles. The van der Waals surface area contributed by atoms with Crippen molar-refractivity contribution in [3.8, 4) is 0 Å². The molecule has 78 valence electrons. The number of carbonyl (C=O) groups is 1. The van der Waals surface area contributed by atoms with Crippen LogP contribution in [0.1, 0.15) is 25.7 Å². The maximum absolute atomic E-state index is 10.6. The summed E-state index contributed by atoms with van der Waals surface area (Å²) in [5.74, 6) is 0.0154. The monoisotopic (exact) mass is 207 g/mol. The second-order valence-electron chi connectivity index (χ2n) is 3.61. The molecule has 4 heteroatoms. The van der Waals surface area contributed by atoms with Crippen molar-refractivity contribution in [2.75, 3.05) is 13.6 Å². The van der Waals surface area contributed by atoms with Gasteiger partial charge < -0.3 is 10.4 Å². The highest BCUT2D eigenvalue weighted by molar-refractivity contribution is 5.85. The Hall–Kier alpha value is -0.280. The lowest BCUT2D eigenvalue weighted by Crippen LogP contribution is -2.26. The minimum absolute atomic E-state index is 0. The third-order valence-electron chi connectivity index (χ3n) is 2.69. The minimum Gasteiger partial charge on any atom is -0.481 e. The average molecular weight is 208 g/mol. The molecule has 0 aliphatic heterocycles. The highest BCUT2D eigenvalue weighted by Crippen LogP contribution is 2.28. The predicted octanol–water partition coefficient (Wildman–Crippen LogP) is 1.52. The largest absolute Gasteiger partial charge is 0.481 e. The first-order valence-corrected chi connectivity index (χ1v) is 4.61. The van der Waals surface area contributed by atoms with Gasteiger partial charge in [-0.3, -0.25) is 4.79 Å². The average Bonchev–Trinajstić information content (AvgIpc) is 2.06. The second kappa shape index (κ2) is 6.22. The van der Waals surface area contributed by atoms with Crippen molar-refractivity contribution in [1.82, 2.24) is 5.32 Å². The normalized spacial score (nSPS) is 27.8. The van der Waals surface area contributed by atoms with E-state index in [4.69, 9.17) is 5.11 Å². The maximum Gasteiger partial charge on any atom is 0.306 e. The van der Waals surface area contributed by atoms with Crippen LogP contribution in [-0.4, -0.2) is 24.7 Å². The number of nitrogens with one attached hydrogen (secondary N) is 1. The molecule has 2 N–H and O–H groups in total. The predicted molar refractivity (Wildman–Crippen MR) is 54.3 cm³/mol. The molecule has 3 nitrogen and oxygen atoms in total. The van der Waals surface area contributed by atoms with Crippen LogP contribution in [-0.2, 0) is 4.79 Å². The van der Waals surface area contributed by atoms with Crippen molar-refractivity contribution in [3.63, 3.8) is 0 Å². The molecule has 0 radical (unpaired) electrons. The Kier molecular flexibility index (Phi) is 6.08. The summed E-state index contributed by atoms with van der Waals surface area (Å²) in [6.45, 7) is 1.03. The Morgan fingerprint density at radius 3 is 2.31 bits per heavy atom. The third kappa shape index (κ3) is 3.96. The fraction of sp³-hybridized carbons (Fsp3) is 0.889. The molecule has 0 bridgehead atoms. The molecule has 0 aromatic carbocycles. The first kappa shape index (κ1) is 12.7. The zero-order chi connectivity index (χ0) is 8.97. The van der Waals surface area contributed by atoms with Gasteiger partial charge in [-0.2, -0.15) is 0 Å². The van der Waals surface area contributed by atoms with E-state index in [2.05, 4.69) is 5.32 Å². The first-order valence-electron chi connectivity index (χ1n) is 4.61. The number of rotatable bonds is 3. The van der Waals surface area contributed by atoms with Crippen molar-refractivity contribution in [2.45, 2.75) is 25.7 Å². The quantitative estimate of drug-likeness (QED) is 0.738. The summed E-state index contributed by atoms with van der Waals surface area (Å²) >= 11 is 0. The number of aliphatic carboxylic acids is 1. The lowest BCUT2D eigenvalue weighted by atomic mass is 9.82. The molecule has 0 saturated heterocycles. The zero-order valence-electron chi connectivity index (χ0n) is 7.95. The van der Waals surface area contributed by atoms with E-state index in [0.29, 0.717) is 5.92 Å².